The Morgan fingerprint density at radius 3 is 2.10 bits per heavy atom. The maximum atomic E-state index is 10.4. The van der Waals surface area contributed by atoms with Gasteiger partial charge in [0.15, 0.2) is 0 Å². The van der Waals surface area contributed by atoms with Crippen LogP contribution in [-0.4, -0.2) is 32.1 Å². The molecule has 60 valence electrons. The zero-order chi connectivity index (χ0) is 8.36. The zero-order valence-electron chi connectivity index (χ0n) is 5.42. The quantitative estimate of drug-likeness (QED) is 0.346. The van der Waals surface area contributed by atoms with Crippen LogP contribution in [0.3, 0.4) is 0 Å². The van der Waals surface area contributed by atoms with Gasteiger partial charge in [0.05, 0.1) is 0 Å². The van der Waals surface area contributed by atoms with E-state index in [2.05, 4.69) is 4.85 Å². The predicted octanol–water partition coefficient (Wildman–Crippen LogP) is -0.793. The van der Waals surface area contributed by atoms with E-state index in [9.17, 15) is 13.3 Å². The van der Waals surface area contributed by atoms with Gasteiger partial charge in [-0.1, -0.05) is 0 Å². The fraction of sp³-hybridized carbons (Fsp3) is 1.00. The summed E-state index contributed by atoms with van der Waals surface area (Å²) in [5, 5.41) is 1.05. The van der Waals surface area contributed by atoms with Crippen LogP contribution in [0.5, 0.6) is 0 Å². The molecule has 0 aliphatic carbocycles. The van der Waals surface area contributed by atoms with Crippen molar-refractivity contribution in [3.63, 3.8) is 0 Å². The SMILES string of the molecule is CN(C)/N=[P+](\[O-])S(=O)(=O)O. The number of rotatable bonds is 2. The zero-order valence-corrected chi connectivity index (χ0v) is 7.13. The van der Waals surface area contributed by atoms with Crippen molar-refractivity contribution in [2.75, 3.05) is 14.1 Å². The highest BCUT2D eigenvalue weighted by Crippen LogP contribution is 2.21. The van der Waals surface area contributed by atoms with E-state index in [1.165, 1.54) is 14.1 Å². The molecule has 0 bridgehead atoms. The van der Waals surface area contributed by atoms with Gasteiger partial charge in [-0.3, -0.25) is 0 Å². The molecule has 0 amide bonds. The minimum atomic E-state index is -4.50. The average Bonchev–Trinajstić information content (AvgIpc) is 1.60. The van der Waals surface area contributed by atoms with Gasteiger partial charge in [0.1, 0.15) is 0 Å². The van der Waals surface area contributed by atoms with Crippen molar-refractivity contribution >= 4 is 16.9 Å². The lowest BCUT2D eigenvalue weighted by Gasteiger charge is -1.95. The summed E-state index contributed by atoms with van der Waals surface area (Å²) in [5.74, 6) is 0. The second-order valence-electron chi connectivity index (χ2n) is 1.62. The van der Waals surface area contributed by atoms with Crippen molar-refractivity contribution in [3.05, 3.63) is 0 Å². The highest BCUT2D eigenvalue weighted by atomic mass is 32.8. The van der Waals surface area contributed by atoms with E-state index in [-0.39, 0.29) is 0 Å². The van der Waals surface area contributed by atoms with Gasteiger partial charge in [-0.05, 0) is 0 Å². The van der Waals surface area contributed by atoms with Crippen LogP contribution in [0.4, 0.5) is 0 Å². The van der Waals surface area contributed by atoms with Gasteiger partial charge in [-0.25, -0.2) is 4.55 Å². The Bertz CT molecular complexity index is 232. The molecule has 1 unspecified atom stereocenters. The third-order valence-electron chi connectivity index (χ3n) is 0.449. The molecular weight excluding hydrogens is 179 g/mol. The first-order valence-corrected chi connectivity index (χ1v) is 5.43. The van der Waals surface area contributed by atoms with Crippen molar-refractivity contribution < 1.29 is 17.9 Å². The molecule has 8 heteroatoms. The Hall–Kier alpha value is -0.0700. The minimum absolute atomic E-state index is 1.05. The lowest BCUT2D eigenvalue weighted by molar-refractivity contribution is -0.151. The van der Waals surface area contributed by atoms with E-state index >= 15 is 0 Å². The van der Waals surface area contributed by atoms with Crippen LogP contribution in [0.2, 0.25) is 0 Å². The van der Waals surface area contributed by atoms with Gasteiger partial charge >= 0.3 is 16.9 Å². The summed E-state index contributed by atoms with van der Waals surface area (Å²) in [6, 6.07) is 0. The summed E-state index contributed by atoms with van der Waals surface area (Å²) < 4.78 is 28.1. The molecule has 0 saturated carbocycles. The second-order valence-corrected chi connectivity index (χ2v) is 5.49. The maximum Gasteiger partial charge on any atom is 0.455 e. The number of hydrogen-bond donors (Lipinski definition) is 1. The van der Waals surface area contributed by atoms with E-state index in [0.29, 0.717) is 0 Å². The van der Waals surface area contributed by atoms with Crippen LogP contribution >= 0.6 is 7.14 Å². The Morgan fingerprint density at radius 2 is 2.00 bits per heavy atom. The van der Waals surface area contributed by atoms with Crippen molar-refractivity contribution in [3.8, 4) is 0 Å². The molecule has 0 aromatic heterocycles. The summed E-state index contributed by atoms with van der Waals surface area (Å²) in [5.41, 5.74) is 0. The summed E-state index contributed by atoms with van der Waals surface area (Å²) >= 11 is 0. The Kier molecular flexibility index (Phi) is 3.34. The molecule has 0 heterocycles. The third-order valence-corrected chi connectivity index (χ3v) is 2.75. The van der Waals surface area contributed by atoms with E-state index in [4.69, 9.17) is 4.55 Å². The van der Waals surface area contributed by atoms with Crippen molar-refractivity contribution in [2.45, 2.75) is 0 Å². The highest BCUT2D eigenvalue weighted by molar-refractivity contribution is 8.41. The predicted molar refractivity (Wildman–Crippen MR) is 34.6 cm³/mol. The maximum absolute atomic E-state index is 10.4. The van der Waals surface area contributed by atoms with Crippen molar-refractivity contribution in [2.24, 2.45) is 4.85 Å². The summed E-state index contributed by atoms with van der Waals surface area (Å²) in [7, 11) is -4.63. The van der Waals surface area contributed by atoms with Crippen LogP contribution in [0.25, 0.3) is 0 Å². The largest absolute Gasteiger partial charge is 0.594 e. The van der Waals surface area contributed by atoms with Crippen LogP contribution < -0.4 is 4.89 Å². The lowest BCUT2D eigenvalue weighted by atomic mass is 11.2. The molecule has 1 N–H and O–H groups in total. The third kappa shape index (κ3) is 3.86. The summed E-state index contributed by atoms with van der Waals surface area (Å²) in [6.07, 6.45) is 0. The Morgan fingerprint density at radius 1 is 1.60 bits per heavy atom. The first-order valence-electron chi connectivity index (χ1n) is 2.18. The number of hydrogen-bond acceptors (Lipinski definition) is 4. The Labute approximate surface area is 59.5 Å². The van der Waals surface area contributed by atoms with Crippen LogP contribution in [0, 0.1) is 0 Å². The highest BCUT2D eigenvalue weighted by Gasteiger charge is 2.18. The monoisotopic (exact) mass is 186 g/mol. The van der Waals surface area contributed by atoms with E-state index in [0.717, 1.165) is 5.01 Å². The standard InChI is InChI=1S/C2H7N2O4PS/c1-4(2)3-9(5)10(6,7)8/h1-2H3,(H,6,7,8). The molecule has 0 saturated heterocycles. The van der Waals surface area contributed by atoms with Gasteiger partial charge in [-0.15, -0.1) is 0 Å². The first-order chi connectivity index (χ1) is 4.34. The van der Waals surface area contributed by atoms with Crippen molar-refractivity contribution in [1.29, 1.82) is 0 Å². The smallest absolute Gasteiger partial charge is 0.455 e. The van der Waals surface area contributed by atoms with Gasteiger partial charge < -0.3 is 4.89 Å². The molecule has 0 aromatic rings. The molecule has 0 aliphatic heterocycles. The van der Waals surface area contributed by atoms with E-state index in [1.807, 2.05) is 0 Å². The van der Waals surface area contributed by atoms with Gasteiger partial charge in [0.2, 0.25) is 0 Å². The van der Waals surface area contributed by atoms with Crippen LogP contribution in [-0.2, 0) is 9.74 Å². The first kappa shape index (κ1) is 9.93. The Balaban J connectivity index is 4.53. The van der Waals surface area contributed by atoms with Gasteiger partial charge in [-0.2, -0.15) is 13.4 Å². The number of nitrogens with zero attached hydrogens (tertiary/aromatic N) is 2. The molecular formula is C2H7N2O4PS. The minimum Gasteiger partial charge on any atom is -0.594 e. The fourth-order valence-electron chi connectivity index (χ4n) is 0.192. The fourth-order valence-corrected chi connectivity index (χ4v) is 1.29. The second kappa shape index (κ2) is 3.36. The molecule has 0 fully saturated rings. The molecule has 0 aromatic carbocycles. The molecule has 6 nitrogen and oxygen atoms in total. The molecule has 0 spiro atoms. The molecule has 1 atom stereocenters. The summed E-state index contributed by atoms with van der Waals surface area (Å²) in [6.45, 7) is 0. The van der Waals surface area contributed by atoms with E-state index < -0.39 is 16.9 Å². The normalized spacial score (nSPS) is 14.3. The topological polar surface area (TPSA) is 93.0 Å². The van der Waals surface area contributed by atoms with Crippen LogP contribution in [0.1, 0.15) is 0 Å². The van der Waals surface area contributed by atoms with Crippen molar-refractivity contribution in [1.82, 2.24) is 5.01 Å². The van der Waals surface area contributed by atoms with Crippen LogP contribution in [0.15, 0.2) is 4.85 Å². The molecule has 0 rings (SSSR count). The lowest BCUT2D eigenvalue weighted by Crippen LogP contribution is -2.06. The van der Waals surface area contributed by atoms with Gasteiger partial charge in [0, 0.05) is 18.9 Å². The molecule has 0 radical (unpaired) electrons. The van der Waals surface area contributed by atoms with Gasteiger partial charge in [0.25, 0.3) is 0 Å². The van der Waals surface area contributed by atoms with E-state index in [1.54, 1.807) is 0 Å². The molecule has 0 aliphatic rings. The summed E-state index contributed by atoms with van der Waals surface area (Å²) in [4.78, 5) is 13.4. The molecule has 10 heavy (non-hydrogen) atoms. The average molecular weight is 186 g/mol.